The summed E-state index contributed by atoms with van der Waals surface area (Å²) in [4.78, 5) is 11.6. The average Bonchev–Trinajstić information content (AvgIpc) is 2.36. The van der Waals surface area contributed by atoms with Crippen LogP contribution in [-0.2, 0) is 4.74 Å². The Hall–Kier alpha value is -1.55. The molecule has 0 radical (unpaired) electrons. The van der Waals surface area contributed by atoms with Crippen molar-refractivity contribution in [1.29, 1.82) is 0 Å². The molecule has 0 heterocycles. The fourth-order valence-corrected chi connectivity index (χ4v) is 1.44. The molecule has 4 nitrogen and oxygen atoms in total. The molecule has 0 saturated heterocycles. The molecule has 100 valence electrons. The van der Waals surface area contributed by atoms with Gasteiger partial charge in [0.05, 0.1) is 0 Å². The van der Waals surface area contributed by atoms with E-state index < -0.39 is 6.09 Å². The van der Waals surface area contributed by atoms with Gasteiger partial charge in [0.2, 0.25) is 0 Å². The number of carbonyl (C=O) groups is 1. The first kappa shape index (κ1) is 14.5. The van der Waals surface area contributed by atoms with Gasteiger partial charge in [0, 0.05) is 11.2 Å². The topological polar surface area (TPSA) is 50.4 Å². The third kappa shape index (κ3) is 5.68. The minimum atomic E-state index is -0.424. The van der Waals surface area contributed by atoms with Crippen LogP contribution in [0.15, 0.2) is 30.3 Å². The van der Waals surface area contributed by atoms with Crippen LogP contribution in [0.2, 0.25) is 0 Å². The number of anilines is 1. The van der Waals surface area contributed by atoms with Crippen molar-refractivity contribution >= 4 is 11.8 Å². The fraction of sp³-hybridized carbons (Fsp3) is 0.500. The van der Waals surface area contributed by atoms with E-state index in [1.54, 1.807) is 0 Å². The molecule has 18 heavy (non-hydrogen) atoms. The molecule has 0 aliphatic heterocycles. The van der Waals surface area contributed by atoms with E-state index >= 15 is 0 Å². The summed E-state index contributed by atoms with van der Waals surface area (Å²) in [6.45, 7) is 7.38. The maximum atomic E-state index is 11.6. The van der Waals surface area contributed by atoms with Gasteiger partial charge >= 0.3 is 6.09 Å². The number of nitrogens with one attached hydrogen (secondary N) is 2. The lowest BCUT2D eigenvalue weighted by molar-refractivity contribution is 0.126. The standard InChI is InChI=1S/C14H22N2O2/c1-4-10-15-14(2,3)11-18-13(17)16-12-8-6-5-7-9-12/h5-9,15H,4,10-11H2,1-3H3,(H,16,17). The monoisotopic (exact) mass is 250 g/mol. The number of rotatable bonds is 6. The molecule has 1 aromatic carbocycles. The number of ether oxygens (including phenoxy) is 1. The van der Waals surface area contributed by atoms with E-state index in [4.69, 9.17) is 4.74 Å². The summed E-state index contributed by atoms with van der Waals surface area (Å²) < 4.78 is 5.20. The van der Waals surface area contributed by atoms with E-state index in [0.29, 0.717) is 6.61 Å². The number of amides is 1. The molecule has 1 rings (SSSR count). The minimum absolute atomic E-state index is 0.204. The lowest BCUT2D eigenvalue weighted by Crippen LogP contribution is -2.44. The first-order valence-corrected chi connectivity index (χ1v) is 6.27. The number of hydrogen-bond donors (Lipinski definition) is 2. The highest BCUT2D eigenvalue weighted by molar-refractivity contribution is 5.84. The molecule has 2 N–H and O–H groups in total. The Kier molecular flexibility index (Phi) is 5.65. The van der Waals surface area contributed by atoms with E-state index in [1.165, 1.54) is 0 Å². The maximum absolute atomic E-state index is 11.6. The van der Waals surface area contributed by atoms with E-state index in [1.807, 2.05) is 44.2 Å². The molecule has 0 aliphatic rings. The molecule has 0 unspecified atom stereocenters. The Bertz CT molecular complexity index is 363. The first-order valence-electron chi connectivity index (χ1n) is 6.27. The van der Waals surface area contributed by atoms with Gasteiger partial charge in [0.25, 0.3) is 0 Å². The molecule has 0 saturated carbocycles. The summed E-state index contributed by atoms with van der Waals surface area (Å²) in [6, 6.07) is 9.27. The van der Waals surface area contributed by atoms with Gasteiger partial charge in [0.1, 0.15) is 6.61 Å². The Balaban J connectivity index is 2.33. The van der Waals surface area contributed by atoms with Crippen molar-refractivity contribution in [1.82, 2.24) is 5.32 Å². The Morgan fingerprint density at radius 2 is 1.94 bits per heavy atom. The van der Waals surface area contributed by atoms with Crippen LogP contribution in [0, 0.1) is 0 Å². The number of carbonyl (C=O) groups excluding carboxylic acids is 1. The van der Waals surface area contributed by atoms with Crippen LogP contribution in [0.4, 0.5) is 10.5 Å². The van der Waals surface area contributed by atoms with E-state index in [9.17, 15) is 4.79 Å². The molecule has 0 aliphatic carbocycles. The second kappa shape index (κ2) is 7.01. The summed E-state index contributed by atoms with van der Waals surface area (Å²) in [6.07, 6.45) is 0.632. The lowest BCUT2D eigenvalue weighted by atomic mass is 10.1. The smallest absolute Gasteiger partial charge is 0.411 e. The van der Waals surface area contributed by atoms with E-state index in [-0.39, 0.29) is 5.54 Å². The number of benzene rings is 1. The molecular formula is C14H22N2O2. The Morgan fingerprint density at radius 3 is 2.56 bits per heavy atom. The maximum Gasteiger partial charge on any atom is 0.411 e. The Morgan fingerprint density at radius 1 is 1.28 bits per heavy atom. The van der Waals surface area contributed by atoms with Gasteiger partial charge in [-0.15, -0.1) is 0 Å². The number of para-hydroxylation sites is 1. The third-order valence-electron chi connectivity index (χ3n) is 2.44. The van der Waals surface area contributed by atoms with E-state index in [2.05, 4.69) is 17.6 Å². The van der Waals surface area contributed by atoms with Gasteiger partial charge < -0.3 is 10.1 Å². The first-order chi connectivity index (χ1) is 8.53. The van der Waals surface area contributed by atoms with Gasteiger partial charge in [-0.25, -0.2) is 4.79 Å². The van der Waals surface area contributed by atoms with Crippen LogP contribution in [0.5, 0.6) is 0 Å². The fourth-order valence-electron chi connectivity index (χ4n) is 1.44. The second-order valence-corrected chi connectivity index (χ2v) is 4.88. The molecule has 0 spiro atoms. The molecule has 4 heteroatoms. The van der Waals surface area contributed by atoms with Gasteiger partial charge in [-0.3, -0.25) is 5.32 Å². The molecular weight excluding hydrogens is 228 g/mol. The quantitative estimate of drug-likeness (QED) is 0.816. The highest BCUT2D eigenvalue weighted by atomic mass is 16.5. The van der Waals surface area contributed by atoms with Crippen molar-refractivity contribution in [3.05, 3.63) is 30.3 Å². The van der Waals surface area contributed by atoms with Crippen molar-refractivity contribution in [3.8, 4) is 0 Å². The molecule has 0 fully saturated rings. The van der Waals surface area contributed by atoms with Crippen LogP contribution in [-0.4, -0.2) is 24.8 Å². The van der Waals surface area contributed by atoms with Crippen molar-refractivity contribution < 1.29 is 9.53 Å². The summed E-state index contributed by atoms with van der Waals surface area (Å²) in [5.74, 6) is 0. The molecule has 0 bridgehead atoms. The van der Waals surface area contributed by atoms with Gasteiger partial charge in [0.15, 0.2) is 0 Å². The zero-order chi connectivity index (χ0) is 13.4. The normalized spacial score (nSPS) is 11.1. The average molecular weight is 250 g/mol. The van der Waals surface area contributed by atoms with Crippen LogP contribution in [0.1, 0.15) is 27.2 Å². The third-order valence-corrected chi connectivity index (χ3v) is 2.44. The van der Waals surface area contributed by atoms with Crippen LogP contribution < -0.4 is 10.6 Å². The summed E-state index contributed by atoms with van der Waals surface area (Å²) in [5, 5.41) is 6.00. The lowest BCUT2D eigenvalue weighted by Gasteiger charge is -2.25. The zero-order valence-corrected chi connectivity index (χ0v) is 11.3. The predicted octanol–water partition coefficient (Wildman–Crippen LogP) is 3.01. The van der Waals surface area contributed by atoms with Gasteiger partial charge in [-0.2, -0.15) is 0 Å². The predicted molar refractivity (Wildman–Crippen MR) is 73.8 cm³/mol. The van der Waals surface area contributed by atoms with Gasteiger partial charge in [-0.05, 0) is 38.9 Å². The SMILES string of the molecule is CCCNC(C)(C)COC(=O)Nc1ccccc1. The second-order valence-electron chi connectivity index (χ2n) is 4.88. The van der Waals surface area contributed by atoms with Crippen molar-refractivity contribution in [2.45, 2.75) is 32.7 Å². The van der Waals surface area contributed by atoms with Crippen LogP contribution >= 0.6 is 0 Å². The summed E-state index contributed by atoms with van der Waals surface area (Å²) in [5.41, 5.74) is 0.533. The van der Waals surface area contributed by atoms with Crippen molar-refractivity contribution in [3.63, 3.8) is 0 Å². The van der Waals surface area contributed by atoms with Crippen LogP contribution in [0.25, 0.3) is 0 Å². The number of hydrogen-bond acceptors (Lipinski definition) is 3. The molecule has 1 aromatic rings. The van der Waals surface area contributed by atoms with Crippen molar-refractivity contribution in [2.75, 3.05) is 18.5 Å². The molecule has 0 atom stereocenters. The summed E-state index contributed by atoms with van der Waals surface area (Å²) in [7, 11) is 0. The van der Waals surface area contributed by atoms with E-state index in [0.717, 1.165) is 18.7 Å². The molecule has 0 aromatic heterocycles. The van der Waals surface area contributed by atoms with Crippen molar-refractivity contribution in [2.24, 2.45) is 0 Å². The largest absolute Gasteiger partial charge is 0.447 e. The highest BCUT2D eigenvalue weighted by Gasteiger charge is 2.18. The molecule has 1 amide bonds. The van der Waals surface area contributed by atoms with Crippen LogP contribution in [0.3, 0.4) is 0 Å². The Labute approximate surface area is 109 Å². The zero-order valence-electron chi connectivity index (χ0n) is 11.3. The highest BCUT2D eigenvalue weighted by Crippen LogP contribution is 2.07. The van der Waals surface area contributed by atoms with Gasteiger partial charge in [-0.1, -0.05) is 25.1 Å². The minimum Gasteiger partial charge on any atom is -0.447 e. The summed E-state index contributed by atoms with van der Waals surface area (Å²) >= 11 is 0.